The SMILES string of the molecule is COC(=O)c1sccc1NC(=O)c1cc2ccccc2s1. The van der Waals surface area contributed by atoms with Crippen LogP contribution < -0.4 is 5.32 Å². The minimum absolute atomic E-state index is 0.222. The van der Waals surface area contributed by atoms with Crippen LogP contribution in [0.1, 0.15) is 19.3 Å². The molecular weight excluding hydrogens is 306 g/mol. The van der Waals surface area contributed by atoms with E-state index in [1.165, 1.54) is 29.8 Å². The third kappa shape index (κ3) is 2.68. The number of thiophene rings is 2. The molecule has 0 aliphatic heterocycles. The molecule has 106 valence electrons. The van der Waals surface area contributed by atoms with Crippen molar-refractivity contribution in [1.82, 2.24) is 0 Å². The van der Waals surface area contributed by atoms with Crippen LogP contribution in [0.3, 0.4) is 0 Å². The standard InChI is InChI=1S/C15H11NO3S2/c1-19-15(18)13-10(6-7-20-13)16-14(17)12-8-9-4-2-3-5-11(9)21-12/h2-8H,1H3,(H,16,17). The highest BCUT2D eigenvalue weighted by Gasteiger charge is 2.17. The predicted molar refractivity (Wildman–Crippen MR) is 85.4 cm³/mol. The summed E-state index contributed by atoms with van der Waals surface area (Å²) in [4.78, 5) is 24.9. The lowest BCUT2D eigenvalue weighted by Gasteiger charge is -2.03. The van der Waals surface area contributed by atoms with Crippen molar-refractivity contribution in [3.63, 3.8) is 0 Å². The molecule has 6 heteroatoms. The van der Waals surface area contributed by atoms with Gasteiger partial charge in [0.15, 0.2) is 0 Å². The maximum Gasteiger partial charge on any atom is 0.350 e. The normalized spacial score (nSPS) is 10.5. The molecule has 0 saturated carbocycles. The van der Waals surface area contributed by atoms with Crippen molar-refractivity contribution in [2.24, 2.45) is 0 Å². The maximum atomic E-state index is 12.3. The molecule has 1 amide bonds. The number of methoxy groups -OCH3 is 1. The van der Waals surface area contributed by atoms with Crippen molar-refractivity contribution in [3.05, 3.63) is 51.5 Å². The predicted octanol–water partition coefficient (Wildman–Crippen LogP) is 4.00. The number of nitrogens with one attached hydrogen (secondary N) is 1. The average molecular weight is 317 g/mol. The number of carbonyl (C=O) groups excluding carboxylic acids is 2. The van der Waals surface area contributed by atoms with E-state index in [9.17, 15) is 9.59 Å². The van der Waals surface area contributed by atoms with Gasteiger partial charge in [-0.25, -0.2) is 4.79 Å². The van der Waals surface area contributed by atoms with E-state index in [0.29, 0.717) is 15.4 Å². The third-order valence-corrected chi connectivity index (χ3v) is 4.94. The van der Waals surface area contributed by atoms with Crippen molar-refractivity contribution in [2.75, 3.05) is 12.4 Å². The van der Waals surface area contributed by atoms with Gasteiger partial charge in [0, 0.05) is 4.70 Å². The zero-order chi connectivity index (χ0) is 14.8. The zero-order valence-corrected chi connectivity index (χ0v) is 12.7. The Morgan fingerprint density at radius 2 is 2.00 bits per heavy atom. The summed E-state index contributed by atoms with van der Waals surface area (Å²) in [6.45, 7) is 0. The fourth-order valence-corrected chi connectivity index (χ4v) is 3.66. The molecule has 0 aliphatic carbocycles. The van der Waals surface area contributed by atoms with Gasteiger partial charge in [0.1, 0.15) is 4.88 Å². The fraction of sp³-hybridized carbons (Fsp3) is 0.0667. The fourth-order valence-electron chi connectivity index (χ4n) is 1.94. The summed E-state index contributed by atoms with van der Waals surface area (Å²) in [5, 5.41) is 5.54. The number of ether oxygens (including phenoxy) is 1. The first-order chi connectivity index (χ1) is 10.2. The van der Waals surface area contributed by atoms with E-state index in [-0.39, 0.29) is 5.91 Å². The Morgan fingerprint density at radius 1 is 1.19 bits per heavy atom. The van der Waals surface area contributed by atoms with Gasteiger partial charge in [0.25, 0.3) is 5.91 Å². The van der Waals surface area contributed by atoms with Gasteiger partial charge >= 0.3 is 5.97 Å². The molecule has 1 N–H and O–H groups in total. The Morgan fingerprint density at radius 3 is 2.76 bits per heavy atom. The number of amides is 1. The largest absolute Gasteiger partial charge is 0.465 e. The third-order valence-electron chi connectivity index (χ3n) is 2.93. The van der Waals surface area contributed by atoms with Crippen LogP contribution in [0.2, 0.25) is 0 Å². The Kier molecular flexibility index (Phi) is 3.72. The number of carbonyl (C=O) groups is 2. The van der Waals surface area contributed by atoms with Crippen LogP contribution in [0, 0.1) is 0 Å². The summed E-state index contributed by atoms with van der Waals surface area (Å²) in [5.41, 5.74) is 0.481. The van der Waals surface area contributed by atoms with E-state index in [4.69, 9.17) is 4.74 Å². The summed E-state index contributed by atoms with van der Waals surface area (Å²) in [7, 11) is 1.32. The van der Waals surface area contributed by atoms with Crippen LogP contribution in [0.25, 0.3) is 10.1 Å². The molecule has 0 spiro atoms. The molecule has 0 bridgehead atoms. The molecule has 0 saturated heterocycles. The molecule has 3 rings (SSSR count). The number of rotatable bonds is 3. The van der Waals surface area contributed by atoms with E-state index in [1.807, 2.05) is 30.3 Å². The molecule has 0 aliphatic rings. The number of hydrogen-bond donors (Lipinski definition) is 1. The highest BCUT2D eigenvalue weighted by Crippen LogP contribution is 2.28. The lowest BCUT2D eigenvalue weighted by molar-refractivity contribution is 0.0607. The monoisotopic (exact) mass is 317 g/mol. The second-order valence-corrected chi connectivity index (χ2v) is 6.26. The van der Waals surface area contributed by atoms with Crippen LogP contribution in [0.5, 0.6) is 0 Å². The van der Waals surface area contributed by atoms with Gasteiger partial charge in [-0.2, -0.15) is 0 Å². The minimum Gasteiger partial charge on any atom is -0.465 e. The minimum atomic E-state index is -0.448. The van der Waals surface area contributed by atoms with Gasteiger partial charge < -0.3 is 10.1 Å². The van der Waals surface area contributed by atoms with Gasteiger partial charge in [-0.15, -0.1) is 22.7 Å². The molecule has 4 nitrogen and oxygen atoms in total. The lowest BCUT2D eigenvalue weighted by Crippen LogP contribution is -2.12. The van der Waals surface area contributed by atoms with Gasteiger partial charge in [-0.1, -0.05) is 18.2 Å². The Hall–Kier alpha value is -2.18. The lowest BCUT2D eigenvalue weighted by atomic mass is 10.2. The number of esters is 1. The highest BCUT2D eigenvalue weighted by atomic mass is 32.1. The maximum absolute atomic E-state index is 12.3. The first-order valence-corrected chi connectivity index (χ1v) is 7.84. The molecule has 2 heterocycles. The van der Waals surface area contributed by atoms with Crippen LogP contribution in [0.15, 0.2) is 41.8 Å². The van der Waals surface area contributed by atoms with Gasteiger partial charge in [-0.3, -0.25) is 4.79 Å². The molecule has 0 fully saturated rings. The Bertz CT molecular complexity index is 786. The quantitative estimate of drug-likeness (QED) is 0.743. The van der Waals surface area contributed by atoms with Crippen LogP contribution in [-0.2, 0) is 4.74 Å². The van der Waals surface area contributed by atoms with Crippen molar-refractivity contribution in [2.45, 2.75) is 0 Å². The summed E-state index contributed by atoms with van der Waals surface area (Å²) < 4.78 is 5.75. The van der Waals surface area contributed by atoms with E-state index >= 15 is 0 Å². The summed E-state index contributed by atoms with van der Waals surface area (Å²) in [5.74, 6) is -0.670. The number of anilines is 1. The average Bonchev–Trinajstić information content (AvgIpc) is 3.12. The van der Waals surface area contributed by atoms with Crippen molar-refractivity contribution >= 4 is 50.3 Å². The number of benzene rings is 1. The number of fused-ring (bicyclic) bond motifs is 1. The molecule has 1 aromatic carbocycles. The Labute approximate surface area is 129 Å². The van der Waals surface area contributed by atoms with E-state index < -0.39 is 5.97 Å². The van der Waals surface area contributed by atoms with Crippen molar-refractivity contribution in [3.8, 4) is 0 Å². The van der Waals surface area contributed by atoms with Gasteiger partial charge in [0.2, 0.25) is 0 Å². The molecule has 21 heavy (non-hydrogen) atoms. The second-order valence-electron chi connectivity index (χ2n) is 4.26. The van der Waals surface area contributed by atoms with Crippen LogP contribution in [0.4, 0.5) is 5.69 Å². The summed E-state index contributed by atoms with van der Waals surface area (Å²) >= 11 is 2.66. The summed E-state index contributed by atoms with van der Waals surface area (Å²) in [6.07, 6.45) is 0. The Balaban J connectivity index is 1.86. The summed E-state index contributed by atoms with van der Waals surface area (Å²) in [6, 6.07) is 11.4. The smallest absolute Gasteiger partial charge is 0.350 e. The van der Waals surface area contributed by atoms with Crippen molar-refractivity contribution in [1.29, 1.82) is 0 Å². The highest BCUT2D eigenvalue weighted by molar-refractivity contribution is 7.21. The van der Waals surface area contributed by atoms with Crippen LogP contribution >= 0.6 is 22.7 Å². The molecule has 0 unspecified atom stereocenters. The molecule has 2 aromatic heterocycles. The number of hydrogen-bond acceptors (Lipinski definition) is 5. The molecule has 0 radical (unpaired) electrons. The van der Waals surface area contributed by atoms with Crippen LogP contribution in [-0.4, -0.2) is 19.0 Å². The molecular formula is C15H11NO3S2. The van der Waals surface area contributed by atoms with Gasteiger partial charge in [0.05, 0.1) is 17.7 Å². The topological polar surface area (TPSA) is 55.4 Å². The zero-order valence-electron chi connectivity index (χ0n) is 11.1. The molecule has 0 atom stereocenters. The van der Waals surface area contributed by atoms with E-state index in [1.54, 1.807) is 11.4 Å². The van der Waals surface area contributed by atoms with Gasteiger partial charge in [-0.05, 0) is 29.0 Å². The first kappa shape index (κ1) is 13.8. The van der Waals surface area contributed by atoms with E-state index in [0.717, 1.165) is 10.1 Å². The first-order valence-electron chi connectivity index (χ1n) is 6.15. The van der Waals surface area contributed by atoms with Crippen molar-refractivity contribution < 1.29 is 14.3 Å². The molecule has 3 aromatic rings. The van der Waals surface area contributed by atoms with E-state index in [2.05, 4.69) is 5.32 Å². The second kappa shape index (κ2) is 5.67.